The van der Waals surface area contributed by atoms with Crippen molar-refractivity contribution in [3.05, 3.63) is 70.2 Å². The van der Waals surface area contributed by atoms with Gasteiger partial charge in [0.05, 0.1) is 38.0 Å². The quantitative estimate of drug-likeness (QED) is 0.806. The van der Waals surface area contributed by atoms with Gasteiger partial charge >= 0.3 is 6.18 Å². The van der Waals surface area contributed by atoms with Crippen molar-refractivity contribution in [3.63, 3.8) is 0 Å². The molecule has 2 aromatic rings. The van der Waals surface area contributed by atoms with Gasteiger partial charge < -0.3 is 4.90 Å². The number of hydrogen-bond donors (Lipinski definition) is 1. The molecular formula is C19H20ClF3N3+. The van der Waals surface area contributed by atoms with Crippen LogP contribution in [0.3, 0.4) is 0 Å². The minimum atomic E-state index is -4.37. The van der Waals surface area contributed by atoms with E-state index >= 15 is 0 Å². The second-order valence-electron chi connectivity index (χ2n) is 6.30. The molecule has 0 radical (unpaired) electrons. The first-order valence-corrected chi connectivity index (χ1v) is 8.83. The Hall–Kier alpha value is -2.05. The Balaban J connectivity index is 1.58. The molecular weight excluding hydrogens is 363 g/mol. The Morgan fingerprint density at radius 3 is 2.38 bits per heavy atom. The molecule has 1 saturated heterocycles. The SMILES string of the molecule is FC(F)(F)c1ccccc1/C=N/N1CC[NH+](Cc2ccccc2Cl)CC1. The molecule has 1 heterocycles. The van der Waals surface area contributed by atoms with Crippen LogP contribution in [0.15, 0.2) is 53.6 Å². The molecule has 0 aromatic heterocycles. The molecule has 0 amide bonds. The molecule has 138 valence electrons. The molecule has 1 fully saturated rings. The summed E-state index contributed by atoms with van der Waals surface area (Å²) < 4.78 is 39.0. The van der Waals surface area contributed by atoms with E-state index in [4.69, 9.17) is 11.6 Å². The summed E-state index contributed by atoms with van der Waals surface area (Å²) in [7, 11) is 0. The molecule has 1 N–H and O–H groups in total. The summed E-state index contributed by atoms with van der Waals surface area (Å²) in [6.45, 7) is 3.97. The van der Waals surface area contributed by atoms with Gasteiger partial charge in [-0.2, -0.15) is 18.3 Å². The predicted octanol–water partition coefficient (Wildman–Crippen LogP) is 3.09. The molecule has 0 saturated carbocycles. The van der Waals surface area contributed by atoms with Crippen LogP contribution in [0.2, 0.25) is 5.02 Å². The van der Waals surface area contributed by atoms with Crippen molar-refractivity contribution in [2.75, 3.05) is 26.2 Å². The van der Waals surface area contributed by atoms with Gasteiger partial charge in [-0.05, 0) is 12.1 Å². The highest BCUT2D eigenvalue weighted by Crippen LogP contribution is 2.31. The van der Waals surface area contributed by atoms with Gasteiger partial charge in [0.15, 0.2) is 0 Å². The number of hydrazone groups is 1. The van der Waals surface area contributed by atoms with E-state index < -0.39 is 11.7 Å². The van der Waals surface area contributed by atoms with E-state index in [2.05, 4.69) is 5.10 Å². The molecule has 1 aliphatic heterocycles. The third-order valence-corrected chi connectivity index (χ3v) is 4.84. The highest BCUT2D eigenvalue weighted by molar-refractivity contribution is 6.31. The number of halogens is 4. The van der Waals surface area contributed by atoms with Crippen LogP contribution in [0, 0.1) is 0 Å². The predicted molar refractivity (Wildman–Crippen MR) is 96.5 cm³/mol. The molecule has 0 atom stereocenters. The zero-order valence-electron chi connectivity index (χ0n) is 14.1. The molecule has 7 heteroatoms. The molecule has 3 rings (SSSR count). The van der Waals surface area contributed by atoms with Crippen LogP contribution in [0.4, 0.5) is 13.2 Å². The maximum Gasteiger partial charge on any atom is 0.417 e. The van der Waals surface area contributed by atoms with Crippen molar-refractivity contribution in [3.8, 4) is 0 Å². The fraction of sp³-hybridized carbons (Fsp3) is 0.316. The van der Waals surface area contributed by atoms with Gasteiger partial charge in [0, 0.05) is 16.1 Å². The molecule has 2 aromatic carbocycles. The summed E-state index contributed by atoms with van der Waals surface area (Å²) in [4.78, 5) is 1.39. The summed E-state index contributed by atoms with van der Waals surface area (Å²) in [6.07, 6.45) is -3.07. The molecule has 26 heavy (non-hydrogen) atoms. The number of nitrogens with zero attached hydrogens (tertiary/aromatic N) is 2. The van der Waals surface area contributed by atoms with E-state index in [0.717, 1.165) is 36.3 Å². The highest BCUT2D eigenvalue weighted by atomic mass is 35.5. The maximum absolute atomic E-state index is 13.0. The maximum atomic E-state index is 13.0. The average molecular weight is 383 g/mol. The van der Waals surface area contributed by atoms with Crippen LogP contribution in [-0.2, 0) is 12.7 Å². The summed E-state index contributed by atoms with van der Waals surface area (Å²) in [5.74, 6) is 0. The van der Waals surface area contributed by atoms with Crippen LogP contribution < -0.4 is 4.90 Å². The van der Waals surface area contributed by atoms with E-state index in [1.54, 1.807) is 6.07 Å². The lowest BCUT2D eigenvalue weighted by Gasteiger charge is -2.30. The van der Waals surface area contributed by atoms with Crippen LogP contribution in [0.5, 0.6) is 0 Å². The fourth-order valence-corrected chi connectivity index (χ4v) is 3.23. The van der Waals surface area contributed by atoms with Crippen molar-refractivity contribution in [2.24, 2.45) is 5.10 Å². The number of alkyl halides is 3. The molecule has 3 nitrogen and oxygen atoms in total. The minimum absolute atomic E-state index is 0.0887. The average Bonchev–Trinajstić information content (AvgIpc) is 2.62. The lowest BCUT2D eigenvalue weighted by molar-refractivity contribution is -0.918. The van der Waals surface area contributed by atoms with E-state index in [1.165, 1.54) is 23.2 Å². The topological polar surface area (TPSA) is 20.0 Å². The van der Waals surface area contributed by atoms with Crippen molar-refractivity contribution >= 4 is 17.8 Å². The molecule has 1 aliphatic rings. The van der Waals surface area contributed by atoms with Crippen LogP contribution >= 0.6 is 11.6 Å². The van der Waals surface area contributed by atoms with Gasteiger partial charge in [-0.25, -0.2) is 0 Å². The Bertz CT molecular complexity index is 769. The highest BCUT2D eigenvalue weighted by Gasteiger charge is 2.32. The first kappa shape index (κ1) is 18.7. The lowest BCUT2D eigenvalue weighted by Crippen LogP contribution is -3.13. The van der Waals surface area contributed by atoms with Crippen LogP contribution in [0.1, 0.15) is 16.7 Å². The van der Waals surface area contributed by atoms with Crippen molar-refractivity contribution < 1.29 is 18.1 Å². The van der Waals surface area contributed by atoms with Gasteiger partial charge in [0.25, 0.3) is 0 Å². The number of nitrogens with one attached hydrogen (secondary N) is 1. The Morgan fingerprint density at radius 2 is 1.69 bits per heavy atom. The van der Waals surface area contributed by atoms with E-state index in [0.29, 0.717) is 13.1 Å². The van der Waals surface area contributed by atoms with Crippen molar-refractivity contribution in [2.45, 2.75) is 12.7 Å². The van der Waals surface area contributed by atoms with Crippen LogP contribution in [0.25, 0.3) is 0 Å². The molecule has 0 unspecified atom stereocenters. The van der Waals surface area contributed by atoms with E-state index in [9.17, 15) is 13.2 Å². The van der Waals surface area contributed by atoms with Crippen molar-refractivity contribution in [1.82, 2.24) is 5.01 Å². The smallest absolute Gasteiger partial charge is 0.328 e. The first-order chi connectivity index (χ1) is 12.4. The van der Waals surface area contributed by atoms with Gasteiger partial charge in [0.2, 0.25) is 0 Å². The third kappa shape index (κ3) is 4.77. The third-order valence-electron chi connectivity index (χ3n) is 4.47. The van der Waals surface area contributed by atoms with Crippen molar-refractivity contribution in [1.29, 1.82) is 0 Å². The Kier molecular flexibility index (Phi) is 5.84. The second kappa shape index (κ2) is 8.10. The Labute approximate surface area is 155 Å². The van der Waals surface area contributed by atoms with Gasteiger partial charge in [0.1, 0.15) is 6.54 Å². The standard InChI is InChI=1S/C19H19ClF3N3/c20-18-8-4-2-6-16(18)14-25-9-11-26(12-10-25)24-13-15-5-1-3-7-17(15)19(21,22)23/h1-8,13H,9-12,14H2/p+1/b24-13+. The van der Waals surface area contributed by atoms with Gasteiger partial charge in [-0.15, -0.1) is 0 Å². The zero-order valence-corrected chi connectivity index (χ0v) is 14.9. The summed E-state index contributed by atoms with van der Waals surface area (Å²) in [5.41, 5.74) is 0.540. The number of piperazine rings is 1. The van der Waals surface area contributed by atoms with E-state index in [1.807, 2.05) is 29.3 Å². The Morgan fingerprint density at radius 1 is 1.04 bits per heavy atom. The number of rotatable bonds is 4. The summed E-state index contributed by atoms with van der Waals surface area (Å²) >= 11 is 6.20. The van der Waals surface area contributed by atoms with E-state index in [-0.39, 0.29) is 5.56 Å². The normalized spacial score (nSPS) is 16.4. The number of quaternary nitrogens is 1. The summed E-state index contributed by atoms with van der Waals surface area (Å²) in [6, 6.07) is 13.3. The molecule has 0 spiro atoms. The fourth-order valence-electron chi connectivity index (χ4n) is 3.03. The zero-order chi connectivity index (χ0) is 18.6. The minimum Gasteiger partial charge on any atom is -0.328 e. The monoisotopic (exact) mass is 382 g/mol. The second-order valence-corrected chi connectivity index (χ2v) is 6.71. The largest absolute Gasteiger partial charge is 0.417 e. The van der Waals surface area contributed by atoms with Gasteiger partial charge in [-0.1, -0.05) is 48.0 Å². The molecule has 0 aliphatic carbocycles. The molecule has 0 bridgehead atoms. The number of hydrogen-bond acceptors (Lipinski definition) is 2. The first-order valence-electron chi connectivity index (χ1n) is 8.45. The summed E-state index contributed by atoms with van der Waals surface area (Å²) in [5, 5.41) is 6.85. The lowest BCUT2D eigenvalue weighted by atomic mass is 10.1. The number of benzene rings is 2. The van der Waals surface area contributed by atoms with Crippen LogP contribution in [-0.4, -0.2) is 37.4 Å². The van der Waals surface area contributed by atoms with Gasteiger partial charge in [-0.3, -0.25) is 5.01 Å².